The molecule has 1 aromatic carbocycles. The number of nitrogens with one attached hydrogen (secondary N) is 1. The highest BCUT2D eigenvalue weighted by molar-refractivity contribution is 6.37. The Hall–Kier alpha value is -0.930. The normalized spacial score (nSPS) is 35.6. The average Bonchev–Trinajstić information content (AvgIpc) is 2.40. The van der Waals surface area contributed by atoms with E-state index in [0.717, 1.165) is 37.0 Å². The van der Waals surface area contributed by atoms with E-state index < -0.39 is 0 Å². The van der Waals surface area contributed by atoms with E-state index in [1.807, 2.05) is 0 Å². The van der Waals surface area contributed by atoms with Crippen LogP contribution < -0.4 is 11.1 Å². The zero-order valence-corrected chi connectivity index (χ0v) is 13.9. The van der Waals surface area contributed by atoms with Crippen LogP contribution in [0.25, 0.3) is 0 Å². The largest absolute Gasteiger partial charge is 0.397 e. The number of halogens is 2. The predicted octanol–water partition coefficient (Wildman–Crippen LogP) is 4.27. The molecule has 5 rings (SSSR count). The second-order valence-corrected chi connectivity index (χ2v) is 8.34. The maximum atomic E-state index is 12.7. The molecule has 4 bridgehead atoms. The van der Waals surface area contributed by atoms with Gasteiger partial charge in [-0.15, -0.1) is 0 Å². The van der Waals surface area contributed by atoms with Crippen LogP contribution in [0.2, 0.25) is 10.0 Å². The fourth-order valence-corrected chi connectivity index (χ4v) is 5.84. The Labute approximate surface area is 140 Å². The smallest absolute Gasteiger partial charge is 0.253 e. The van der Waals surface area contributed by atoms with Crippen molar-refractivity contribution in [3.63, 3.8) is 0 Å². The second-order valence-electron chi connectivity index (χ2n) is 7.50. The molecule has 1 amide bonds. The van der Waals surface area contributed by atoms with E-state index in [1.165, 1.54) is 19.3 Å². The zero-order chi connectivity index (χ0) is 15.5. The van der Waals surface area contributed by atoms with Crippen LogP contribution in [0.1, 0.15) is 48.9 Å². The van der Waals surface area contributed by atoms with E-state index in [-0.39, 0.29) is 11.4 Å². The number of rotatable bonds is 2. The number of carbonyl (C=O) groups excluding carboxylic acids is 1. The number of nitrogens with two attached hydrogens (primary N) is 1. The third-order valence-corrected chi connectivity index (χ3v) is 6.29. The molecule has 4 aliphatic carbocycles. The molecule has 3 N–H and O–H groups in total. The lowest BCUT2D eigenvalue weighted by Crippen LogP contribution is -2.59. The summed E-state index contributed by atoms with van der Waals surface area (Å²) >= 11 is 12.1. The summed E-state index contributed by atoms with van der Waals surface area (Å²) in [6.45, 7) is 0. The van der Waals surface area contributed by atoms with Gasteiger partial charge in [0.15, 0.2) is 0 Å². The van der Waals surface area contributed by atoms with Gasteiger partial charge in [-0.2, -0.15) is 0 Å². The lowest BCUT2D eigenvalue weighted by atomic mass is 9.53. The summed E-state index contributed by atoms with van der Waals surface area (Å²) in [7, 11) is 0. The van der Waals surface area contributed by atoms with Gasteiger partial charge < -0.3 is 11.1 Å². The molecule has 5 heteroatoms. The molecule has 0 aromatic heterocycles. The van der Waals surface area contributed by atoms with Gasteiger partial charge in [0.25, 0.3) is 5.91 Å². The van der Waals surface area contributed by atoms with Crippen LogP contribution in [-0.4, -0.2) is 11.4 Å². The number of hydrogen-bond donors (Lipinski definition) is 2. The molecule has 0 heterocycles. The average molecular weight is 339 g/mol. The number of nitrogen functional groups attached to an aromatic ring is 1. The van der Waals surface area contributed by atoms with Crippen molar-refractivity contribution in [1.82, 2.24) is 5.32 Å². The Balaban J connectivity index is 1.60. The molecule has 0 spiro atoms. The maximum Gasteiger partial charge on any atom is 0.253 e. The molecule has 3 nitrogen and oxygen atoms in total. The Morgan fingerprint density at radius 2 is 1.64 bits per heavy atom. The van der Waals surface area contributed by atoms with Crippen LogP contribution in [0.15, 0.2) is 12.1 Å². The van der Waals surface area contributed by atoms with Gasteiger partial charge in [-0.05, 0) is 68.4 Å². The molecule has 4 aliphatic rings. The predicted molar refractivity (Wildman–Crippen MR) is 89.2 cm³/mol. The number of benzene rings is 1. The molecule has 0 atom stereocenters. The molecular weight excluding hydrogens is 319 g/mol. The summed E-state index contributed by atoms with van der Waals surface area (Å²) in [6.07, 6.45) is 7.37. The molecule has 1 aromatic rings. The second kappa shape index (κ2) is 5.04. The van der Waals surface area contributed by atoms with Gasteiger partial charge in [0.2, 0.25) is 0 Å². The molecule has 4 fully saturated rings. The summed E-state index contributed by atoms with van der Waals surface area (Å²) in [5.74, 6) is 2.22. The van der Waals surface area contributed by atoms with Crippen molar-refractivity contribution >= 4 is 34.8 Å². The third-order valence-electron chi connectivity index (χ3n) is 5.76. The van der Waals surface area contributed by atoms with Crippen molar-refractivity contribution in [2.24, 2.45) is 17.8 Å². The first-order chi connectivity index (χ1) is 10.4. The first kappa shape index (κ1) is 14.6. The minimum absolute atomic E-state index is 0.0347. The molecule has 118 valence electrons. The van der Waals surface area contributed by atoms with Gasteiger partial charge in [0.1, 0.15) is 0 Å². The summed E-state index contributed by atoms with van der Waals surface area (Å²) in [6, 6.07) is 3.18. The highest BCUT2D eigenvalue weighted by Crippen LogP contribution is 2.55. The van der Waals surface area contributed by atoms with E-state index in [2.05, 4.69) is 5.32 Å². The quantitative estimate of drug-likeness (QED) is 0.791. The van der Waals surface area contributed by atoms with Crippen molar-refractivity contribution in [2.45, 2.75) is 44.1 Å². The van der Waals surface area contributed by atoms with Crippen molar-refractivity contribution in [3.8, 4) is 0 Å². The summed E-state index contributed by atoms with van der Waals surface area (Å²) < 4.78 is 0. The summed E-state index contributed by atoms with van der Waals surface area (Å²) in [5, 5.41) is 4.08. The Morgan fingerprint density at radius 3 is 2.18 bits per heavy atom. The zero-order valence-electron chi connectivity index (χ0n) is 12.4. The number of amides is 1. The maximum absolute atomic E-state index is 12.7. The SMILES string of the molecule is Nc1c(Cl)cc(Cl)cc1C(=O)NC12CC3CC(CC(C3)C1)C2. The molecule has 4 saturated carbocycles. The summed E-state index contributed by atoms with van der Waals surface area (Å²) in [5.41, 5.74) is 6.64. The molecule has 0 radical (unpaired) electrons. The van der Waals surface area contributed by atoms with E-state index in [0.29, 0.717) is 21.3 Å². The monoisotopic (exact) mass is 338 g/mol. The standard InChI is InChI=1S/C17H20Cl2N2O/c18-12-4-13(15(20)14(19)5-12)16(22)21-17-6-9-1-10(7-17)3-11(2-9)8-17/h4-5,9-11H,1-3,6-8,20H2,(H,21,22). The van der Waals surface area contributed by atoms with Gasteiger partial charge in [-0.3, -0.25) is 4.79 Å². The number of hydrogen-bond acceptors (Lipinski definition) is 2. The highest BCUT2D eigenvalue weighted by Gasteiger charge is 2.51. The minimum Gasteiger partial charge on any atom is -0.397 e. The van der Waals surface area contributed by atoms with Crippen LogP contribution >= 0.6 is 23.2 Å². The van der Waals surface area contributed by atoms with Crippen LogP contribution in [0, 0.1) is 17.8 Å². The van der Waals surface area contributed by atoms with E-state index in [4.69, 9.17) is 28.9 Å². The van der Waals surface area contributed by atoms with Crippen molar-refractivity contribution in [3.05, 3.63) is 27.7 Å². The first-order valence-corrected chi connectivity index (χ1v) is 8.77. The topological polar surface area (TPSA) is 55.1 Å². The van der Waals surface area contributed by atoms with Gasteiger partial charge in [-0.1, -0.05) is 23.2 Å². The lowest BCUT2D eigenvalue weighted by molar-refractivity contribution is -0.0166. The first-order valence-electron chi connectivity index (χ1n) is 8.01. The third kappa shape index (κ3) is 2.39. The van der Waals surface area contributed by atoms with Crippen LogP contribution in [0.4, 0.5) is 5.69 Å². The molecular formula is C17H20Cl2N2O. The van der Waals surface area contributed by atoms with Crippen molar-refractivity contribution in [2.75, 3.05) is 5.73 Å². The molecule has 0 saturated heterocycles. The fourth-order valence-electron chi connectivity index (χ4n) is 5.34. The van der Waals surface area contributed by atoms with E-state index >= 15 is 0 Å². The van der Waals surface area contributed by atoms with Crippen LogP contribution in [0.5, 0.6) is 0 Å². The van der Waals surface area contributed by atoms with Gasteiger partial charge in [0, 0.05) is 10.6 Å². The Kier molecular flexibility index (Phi) is 3.35. The van der Waals surface area contributed by atoms with Crippen LogP contribution in [-0.2, 0) is 0 Å². The van der Waals surface area contributed by atoms with Crippen LogP contribution in [0.3, 0.4) is 0 Å². The Morgan fingerprint density at radius 1 is 1.09 bits per heavy atom. The molecule has 0 aliphatic heterocycles. The fraction of sp³-hybridized carbons (Fsp3) is 0.588. The lowest BCUT2D eigenvalue weighted by Gasteiger charge is -2.56. The number of carbonyl (C=O) groups is 1. The molecule has 0 unspecified atom stereocenters. The van der Waals surface area contributed by atoms with E-state index in [9.17, 15) is 4.79 Å². The van der Waals surface area contributed by atoms with Gasteiger partial charge in [-0.25, -0.2) is 0 Å². The van der Waals surface area contributed by atoms with Gasteiger partial charge >= 0.3 is 0 Å². The van der Waals surface area contributed by atoms with Gasteiger partial charge in [0.05, 0.1) is 16.3 Å². The highest BCUT2D eigenvalue weighted by atomic mass is 35.5. The van der Waals surface area contributed by atoms with Crippen molar-refractivity contribution < 1.29 is 4.79 Å². The number of anilines is 1. The Bertz CT molecular complexity index is 609. The van der Waals surface area contributed by atoms with E-state index in [1.54, 1.807) is 12.1 Å². The molecule has 22 heavy (non-hydrogen) atoms. The minimum atomic E-state index is -0.135. The van der Waals surface area contributed by atoms with Crippen molar-refractivity contribution in [1.29, 1.82) is 0 Å². The summed E-state index contributed by atoms with van der Waals surface area (Å²) in [4.78, 5) is 12.7.